The van der Waals surface area contributed by atoms with E-state index in [2.05, 4.69) is 5.32 Å². The highest BCUT2D eigenvalue weighted by Crippen LogP contribution is 2.20. The van der Waals surface area contributed by atoms with Crippen molar-refractivity contribution in [1.82, 2.24) is 8.61 Å². The molecule has 0 radical (unpaired) electrons. The first kappa shape index (κ1) is 20.4. The summed E-state index contributed by atoms with van der Waals surface area (Å²) < 4.78 is 54.7. The maximum absolute atomic E-state index is 13.4. The molecule has 9 heteroatoms. The van der Waals surface area contributed by atoms with E-state index < -0.39 is 27.8 Å². The van der Waals surface area contributed by atoms with Crippen LogP contribution in [0.25, 0.3) is 0 Å². The number of nitrogens with one attached hydrogen (secondary N) is 1. The van der Waals surface area contributed by atoms with E-state index in [1.807, 2.05) is 0 Å². The number of amides is 1. The van der Waals surface area contributed by atoms with Gasteiger partial charge in [-0.2, -0.15) is 17.0 Å². The van der Waals surface area contributed by atoms with Gasteiger partial charge < -0.3 is 5.32 Å². The summed E-state index contributed by atoms with van der Waals surface area (Å²) in [5.74, 6) is -1.48. The molecule has 0 atom stereocenters. The topological polar surface area (TPSA) is 69.7 Å². The number of anilines is 1. The number of carbonyl (C=O) groups is 1. The van der Waals surface area contributed by atoms with Gasteiger partial charge in [-0.25, -0.2) is 8.78 Å². The Labute approximate surface area is 162 Å². The molecule has 0 aliphatic carbocycles. The third-order valence-electron chi connectivity index (χ3n) is 4.51. The number of aryl methyl sites for hydroxylation is 1. The Morgan fingerprint density at radius 2 is 1.79 bits per heavy atom. The van der Waals surface area contributed by atoms with Gasteiger partial charge in [-0.1, -0.05) is 18.2 Å². The van der Waals surface area contributed by atoms with E-state index in [4.69, 9.17) is 0 Å². The van der Waals surface area contributed by atoms with E-state index in [-0.39, 0.29) is 19.6 Å². The lowest BCUT2D eigenvalue weighted by molar-refractivity contribution is -0.116. The van der Waals surface area contributed by atoms with Crippen LogP contribution in [0.15, 0.2) is 42.5 Å². The molecule has 0 spiro atoms. The molecule has 1 saturated heterocycles. The first-order valence-corrected chi connectivity index (χ1v) is 10.2. The fourth-order valence-corrected chi connectivity index (χ4v) is 4.70. The van der Waals surface area contributed by atoms with Crippen molar-refractivity contribution in [3.8, 4) is 0 Å². The lowest BCUT2D eigenvalue weighted by atomic mass is 10.2. The zero-order valence-corrected chi connectivity index (χ0v) is 16.2. The summed E-state index contributed by atoms with van der Waals surface area (Å²) in [4.78, 5) is 12.3. The van der Waals surface area contributed by atoms with Crippen molar-refractivity contribution >= 4 is 21.8 Å². The van der Waals surface area contributed by atoms with Gasteiger partial charge in [-0.15, -0.1) is 0 Å². The average Bonchev–Trinajstić information content (AvgIpc) is 2.62. The molecule has 0 aromatic heterocycles. The summed E-state index contributed by atoms with van der Waals surface area (Å²) in [5.41, 5.74) is 1.50. The Morgan fingerprint density at radius 1 is 1.07 bits per heavy atom. The minimum atomic E-state index is -3.87. The second kappa shape index (κ2) is 8.34. The first-order valence-electron chi connectivity index (χ1n) is 8.81. The second-order valence-corrected chi connectivity index (χ2v) is 8.59. The predicted molar refractivity (Wildman–Crippen MR) is 102 cm³/mol. The van der Waals surface area contributed by atoms with E-state index >= 15 is 0 Å². The summed E-state index contributed by atoms with van der Waals surface area (Å²) in [5, 5.41) is 2.55. The van der Waals surface area contributed by atoms with Crippen molar-refractivity contribution in [3.05, 3.63) is 65.2 Å². The molecular formula is C19H21F2N3O3S. The van der Waals surface area contributed by atoms with Crippen LogP contribution < -0.4 is 5.32 Å². The lowest BCUT2D eigenvalue weighted by Gasteiger charge is -2.34. The first-order chi connectivity index (χ1) is 13.3. The summed E-state index contributed by atoms with van der Waals surface area (Å²) in [6.45, 7) is 1.87. The second-order valence-electron chi connectivity index (χ2n) is 6.67. The van der Waals surface area contributed by atoms with Gasteiger partial charge in [0, 0.05) is 25.3 Å². The molecule has 1 aliphatic rings. The molecule has 6 nitrogen and oxygen atoms in total. The van der Waals surface area contributed by atoms with Crippen LogP contribution in [0.4, 0.5) is 14.5 Å². The van der Waals surface area contributed by atoms with Crippen LogP contribution in [0.3, 0.4) is 0 Å². The zero-order valence-electron chi connectivity index (χ0n) is 15.4. The largest absolute Gasteiger partial charge is 0.325 e. The molecular weight excluding hydrogens is 388 g/mol. The molecule has 2 aromatic carbocycles. The molecule has 1 amide bonds. The molecule has 28 heavy (non-hydrogen) atoms. The van der Waals surface area contributed by atoms with Crippen molar-refractivity contribution in [2.24, 2.45) is 0 Å². The van der Waals surface area contributed by atoms with Crippen molar-refractivity contribution in [3.63, 3.8) is 0 Å². The normalized spacial score (nSPS) is 17.4. The molecule has 150 valence electrons. The predicted octanol–water partition coefficient (Wildman–Crippen LogP) is 2.66. The fraction of sp³-hybridized carbons (Fsp3) is 0.316. The number of benzene rings is 2. The molecule has 1 fully saturated rings. The molecule has 3 rings (SSSR count). The van der Waals surface area contributed by atoms with Gasteiger partial charge in [0.25, 0.3) is 10.2 Å². The summed E-state index contributed by atoms with van der Waals surface area (Å²) in [6.07, 6.45) is 0.542. The van der Waals surface area contributed by atoms with E-state index in [0.29, 0.717) is 29.8 Å². The van der Waals surface area contributed by atoms with Crippen molar-refractivity contribution in [1.29, 1.82) is 0 Å². The van der Waals surface area contributed by atoms with Crippen LogP contribution in [0.2, 0.25) is 0 Å². The number of nitrogens with zero attached hydrogens (tertiary/aromatic N) is 2. The monoisotopic (exact) mass is 409 g/mol. The number of rotatable bonds is 5. The Morgan fingerprint density at radius 3 is 2.54 bits per heavy atom. The van der Waals surface area contributed by atoms with E-state index in [1.54, 1.807) is 13.0 Å². The van der Waals surface area contributed by atoms with E-state index in [1.165, 1.54) is 40.7 Å². The smallest absolute Gasteiger partial charge is 0.282 e. The Bertz CT molecular complexity index is 982. The standard InChI is InChI=1S/C19H21F2N3O3S/c1-14-6-7-17(21)11-18(14)22-19(25)13-24-9-3-8-23(28(24,26)27)12-15-4-2-5-16(20)10-15/h2,4-7,10-11H,3,8-9,12-13H2,1H3,(H,22,25). The molecule has 1 N–H and O–H groups in total. The van der Waals surface area contributed by atoms with Gasteiger partial charge in [-0.05, 0) is 48.7 Å². The Hall–Kier alpha value is -2.36. The lowest BCUT2D eigenvalue weighted by Crippen LogP contribution is -2.51. The SMILES string of the molecule is Cc1ccc(F)cc1NC(=O)CN1CCCN(Cc2cccc(F)c2)S1(=O)=O. The quantitative estimate of drug-likeness (QED) is 0.826. The van der Waals surface area contributed by atoms with Gasteiger partial charge in [0.2, 0.25) is 5.91 Å². The Balaban J connectivity index is 1.69. The third-order valence-corrected chi connectivity index (χ3v) is 6.44. The minimum Gasteiger partial charge on any atom is -0.325 e. The molecule has 2 aromatic rings. The van der Waals surface area contributed by atoms with Crippen LogP contribution in [-0.2, 0) is 21.5 Å². The molecule has 0 unspecified atom stereocenters. The van der Waals surface area contributed by atoms with Crippen LogP contribution in [0.1, 0.15) is 17.5 Å². The van der Waals surface area contributed by atoms with Crippen LogP contribution >= 0.6 is 0 Å². The Kier molecular flexibility index (Phi) is 6.07. The van der Waals surface area contributed by atoms with E-state index in [0.717, 1.165) is 4.31 Å². The van der Waals surface area contributed by atoms with Gasteiger partial charge in [0.1, 0.15) is 11.6 Å². The fourth-order valence-electron chi connectivity index (χ4n) is 3.06. The highest BCUT2D eigenvalue weighted by atomic mass is 32.2. The highest BCUT2D eigenvalue weighted by molar-refractivity contribution is 7.86. The third kappa shape index (κ3) is 4.73. The number of carbonyl (C=O) groups excluding carboxylic acids is 1. The molecule has 0 saturated carbocycles. The maximum Gasteiger partial charge on any atom is 0.282 e. The van der Waals surface area contributed by atoms with Crippen LogP contribution in [0.5, 0.6) is 0 Å². The zero-order chi connectivity index (χ0) is 20.3. The van der Waals surface area contributed by atoms with E-state index in [9.17, 15) is 22.0 Å². The van der Waals surface area contributed by atoms with Crippen molar-refractivity contribution < 1.29 is 22.0 Å². The minimum absolute atomic E-state index is 0.0290. The summed E-state index contributed by atoms with van der Waals surface area (Å²) in [7, 11) is -3.87. The summed E-state index contributed by atoms with van der Waals surface area (Å²) in [6, 6.07) is 9.75. The van der Waals surface area contributed by atoms with Gasteiger partial charge >= 0.3 is 0 Å². The van der Waals surface area contributed by atoms with Gasteiger partial charge in [-0.3, -0.25) is 4.79 Å². The number of hydrogen-bond acceptors (Lipinski definition) is 3. The van der Waals surface area contributed by atoms with Crippen molar-refractivity contribution in [2.75, 3.05) is 25.0 Å². The highest BCUT2D eigenvalue weighted by Gasteiger charge is 2.34. The number of halogens is 2. The summed E-state index contributed by atoms with van der Waals surface area (Å²) >= 11 is 0. The maximum atomic E-state index is 13.4. The van der Waals surface area contributed by atoms with Gasteiger partial charge in [0.15, 0.2) is 0 Å². The van der Waals surface area contributed by atoms with Gasteiger partial charge in [0.05, 0.1) is 6.54 Å². The van der Waals surface area contributed by atoms with Crippen LogP contribution in [-0.4, -0.2) is 42.6 Å². The molecule has 0 bridgehead atoms. The molecule has 1 aliphatic heterocycles. The van der Waals surface area contributed by atoms with Crippen molar-refractivity contribution in [2.45, 2.75) is 19.9 Å². The number of hydrogen-bond donors (Lipinski definition) is 1. The molecule has 1 heterocycles. The van der Waals surface area contributed by atoms with Crippen LogP contribution in [0, 0.1) is 18.6 Å². The average molecular weight is 409 g/mol.